The number of nitrogens with two attached hydrogens (primary N) is 1. The van der Waals surface area contributed by atoms with Crippen molar-refractivity contribution in [3.8, 4) is 0 Å². The molecule has 2 heterocycles. The molecule has 2 aromatic rings. The van der Waals surface area contributed by atoms with Crippen LogP contribution in [0.3, 0.4) is 0 Å². The van der Waals surface area contributed by atoms with E-state index in [0.29, 0.717) is 5.69 Å². The van der Waals surface area contributed by atoms with E-state index in [0.717, 1.165) is 0 Å². The highest BCUT2D eigenvalue weighted by Gasteiger charge is 2.16. The monoisotopic (exact) mass is 247 g/mol. The Balaban J connectivity index is 2.53. The van der Waals surface area contributed by atoms with Gasteiger partial charge in [-0.05, 0) is 19.9 Å². The van der Waals surface area contributed by atoms with E-state index < -0.39 is 5.91 Å². The van der Waals surface area contributed by atoms with Gasteiger partial charge in [0.1, 0.15) is 11.3 Å². The third-order valence-corrected chi connectivity index (χ3v) is 2.32. The van der Waals surface area contributed by atoms with Gasteiger partial charge in [-0.25, -0.2) is 9.50 Å². The second-order valence-corrected chi connectivity index (χ2v) is 4.12. The first kappa shape index (κ1) is 12.0. The number of rotatable bonds is 3. The van der Waals surface area contributed by atoms with E-state index >= 15 is 0 Å². The third-order valence-electron chi connectivity index (χ3n) is 2.32. The lowest BCUT2D eigenvalue weighted by Gasteiger charge is -2.08. The quantitative estimate of drug-likeness (QED) is 0.794. The molecule has 3 N–H and O–H groups in total. The molecule has 0 spiro atoms. The first-order chi connectivity index (χ1) is 8.50. The number of nitrogens with zero attached hydrogens (tertiary/aromatic N) is 3. The summed E-state index contributed by atoms with van der Waals surface area (Å²) in [6, 6.07) is 1.54. The fourth-order valence-corrected chi connectivity index (χ4v) is 1.57. The summed E-state index contributed by atoms with van der Waals surface area (Å²) in [4.78, 5) is 27.1. The average Bonchev–Trinajstić information content (AvgIpc) is 2.71. The number of carbonyl (C=O) groups excluding carboxylic acids is 2. The molecule has 0 aliphatic carbocycles. The first-order valence-electron chi connectivity index (χ1n) is 5.44. The molecule has 7 nitrogen and oxygen atoms in total. The van der Waals surface area contributed by atoms with Crippen molar-refractivity contribution in [1.82, 2.24) is 19.9 Å². The van der Waals surface area contributed by atoms with E-state index in [-0.39, 0.29) is 23.2 Å². The Morgan fingerprint density at radius 1 is 1.44 bits per heavy atom. The maximum atomic E-state index is 11.9. The fourth-order valence-electron chi connectivity index (χ4n) is 1.57. The van der Waals surface area contributed by atoms with Crippen LogP contribution in [0.15, 0.2) is 18.5 Å². The van der Waals surface area contributed by atoms with Crippen molar-refractivity contribution in [3.63, 3.8) is 0 Å². The molecule has 0 radical (unpaired) electrons. The number of aromatic nitrogens is 3. The highest BCUT2D eigenvalue weighted by Crippen LogP contribution is 2.09. The second kappa shape index (κ2) is 4.44. The lowest BCUT2D eigenvalue weighted by Crippen LogP contribution is -2.31. The number of carbonyl (C=O) groups is 2. The van der Waals surface area contributed by atoms with Gasteiger partial charge in [0.2, 0.25) is 0 Å². The van der Waals surface area contributed by atoms with Crippen LogP contribution in [0.25, 0.3) is 5.65 Å². The van der Waals surface area contributed by atoms with E-state index in [1.807, 2.05) is 13.8 Å². The van der Waals surface area contributed by atoms with E-state index in [1.165, 1.54) is 23.0 Å². The van der Waals surface area contributed by atoms with Gasteiger partial charge >= 0.3 is 0 Å². The van der Waals surface area contributed by atoms with Crippen LogP contribution in [0.4, 0.5) is 0 Å². The molecule has 0 bridgehead atoms. The zero-order valence-corrected chi connectivity index (χ0v) is 10.0. The number of nitrogens with one attached hydrogen (secondary N) is 1. The molecule has 0 unspecified atom stereocenters. The minimum Gasteiger partial charge on any atom is -0.365 e. The van der Waals surface area contributed by atoms with Crippen LogP contribution in [0.1, 0.15) is 34.7 Å². The Kier molecular flexibility index (Phi) is 2.97. The summed E-state index contributed by atoms with van der Waals surface area (Å²) in [5.41, 5.74) is 5.97. The molecule has 2 aromatic heterocycles. The van der Waals surface area contributed by atoms with Crippen molar-refractivity contribution < 1.29 is 9.59 Å². The number of hydrogen-bond acceptors (Lipinski definition) is 4. The summed E-state index contributed by atoms with van der Waals surface area (Å²) in [6.07, 6.45) is 2.75. The predicted molar refractivity (Wildman–Crippen MR) is 64.1 cm³/mol. The van der Waals surface area contributed by atoms with E-state index in [9.17, 15) is 9.59 Å². The summed E-state index contributed by atoms with van der Waals surface area (Å²) >= 11 is 0. The summed E-state index contributed by atoms with van der Waals surface area (Å²) in [7, 11) is 0. The summed E-state index contributed by atoms with van der Waals surface area (Å²) < 4.78 is 1.30. The van der Waals surface area contributed by atoms with Gasteiger partial charge in [-0.3, -0.25) is 9.59 Å². The van der Waals surface area contributed by atoms with Crippen LogP contribution >= 0.6 is 0 Å². The van der Waals surface area contributed by atoms with Gasteiger partial charge in [0.05, 0.1) is 6.20 Å². The molecule has 2 rings (SSSR count). The zero-order valence-electron chi connectivity index (χ0n) is 10.0. The Morgan fingerprint density at radius 2 is 2.17 bits per heavy atom. The number of primary amides is 1. The third kappa shape index (κ3) is 2.02. The normalized spacial score (nSPS) is 10.8. The molecular weight excluding hydrogens is 234 g/mol. The maximum Gasteiger partial charge on any atom is 0.270 e. The minimum absolute atomic E-state index is 0.00638. The SMILES string of the molecule is CC(C)NC(=O)c1ccnc2c(C(N)=O)cnn12. The van der Waals surface area contributed by atoms with Gasteiger partial charge in [0, 0.05) is 12.2 Å². The van der Waals surface area contributed by atoms with Crippen molar-refractivity contribution in [2.75, 3.05) is 0 Å². The van der Waals surface area contributed by atoms with Crippen LogP contribution in [-0.2, 0) is 0 Å². The zero-order chi connectivity index (χ0) is 13.3. The second-order valence-electron chi connectivity index (χ2n) is 4.12. The minimum atomic E-state index is -0.626. The Morgan fingerprint density at radius 3 is 2.78 bits per heavy atom. The lowest BCUT2D eigenvalue weighted by molar-refractivity contribution is 0.0934. The standard InChI is InChI=1S/C11H13N5O2/c1-6(2)15-11(18)8-3-4-13-10-7(9(12)17)5-14-16(8)10/h3-6H,1-2H3,(H2,12,17)(H,15,18). The van der Waals surface area contributed by atoms with Crippen molar-refractivity contribution in [2.24, 2.45) is 5.73 Å². The predicted octanol–water partition coefficient (Wildman–Crippen LogP) is -0.0336. The van der Waals surface area contributed by atoms with Crippen molar-refractivity contribution >= 4 is 17.5 Å². The molecular formula is C11H13N5O2. The van der Waals surface area contributed by atoms with Crippen molar-refractivity contribution in [2.45, 2.75) is 19.9 Å². The van der Waals surface area contributed by atoms with Crippen LogP contribution in [-0.4, -0.2) is 32.5 Å². The Labute approximate surface area is 103 Å². The van der Waals surface area contributed by atoms with Gasteiger partial charge in [0.25, 0.3) is 11.8 Å². The molecule has 0 aliphatic rings. The average molecular weight is 247 g/mol. The van der Waals surface area contributed by atoms with Crippen LogP contribution in [0.5, 0.6) is 0 Å². The summed E-state index contributed by atoms with van der Waals surface area (Å²) in [6.45, 7) is 3.71. The largest absolute Gasteiger partial charge is 0.365 e. The van der Waals surface area contributed by atoms with E-state index in [2.05, 4.69) is 15.4 Å². The molecule has 18 heavy (non-hydrogen) atoms. The van der Waals surface area contributed by atoms with E-state index in [1.54, 1.807) is 0 Å². The first-order valence-corrected chi connectivity index (χ1v) is 5.44. The molecule has 0 fully saturated rings. The highest BCUT2D eigenvalue weighted by atomic mass is 16.2. The topological polar surface area (TPSA) is 102 Å². The number of fused-ring (bicyclic) bond motifs is 1. The smallest absolute Gasteiger partial charge is 0.270 e. The number of hydrogen-bond donors (Lipinski definition) is 2. The number of amides is 2. The fraction of sp³-hybridized carbons (Fsp3) is 0.273. The van der Waals surface area contributed by atoms with Crippen molar-refractivity contribution in [3.05, 3.63) is 29.7 Å². The highest BCUT2D eigenvalue weighted by molar-refractivity contribution is 5.99. The van der Waals surface area contributed by atoms with Crippen molar-refractivity contribution in [1.29, 1.82) is 0 Å². The molecule has 0 aromatic carbocycles. The van der Waals surface area contributed by atoms with E-state index in [4.69, 9.17) is 5.73 Å². The Hall–Kier alpha value is -2.44. The molecule has 94 valence electrons. The summed E-state index contributed by atoms with van der Waals surface area (Å²) in [5.74, 6) is -0.907. The lowest BCUT2D eigenvalue weighted by atomic mass is 10.3. The molecule has 7 heteroatoms. The molecule has 2 amide bonds. The van der Waals surface area contributed by atoms with Crippen LogP contribution < -0.4 is 11.1 Å². The summed E-state index contributed by atoms with van der Waals surface area (Å²) in [5, 5.41) is 6.71. The van der Waals surface area contributed by atoms with Gasteiger partial charge in [-0.15, -0.1) is 0 Å². The molecule has 0 aliphatic heterocycles. The molecule has 0 saturated heterocycles. The van der Waals surface area contributed by atoms with Gasteiger partial charge in [-0.2, -0.15) is 5.10 Å². The Bertz CT molecular complexity index is 617. The van der Waals surface area contributed by atoms with Crippen LogP contribution in [0.2, 0.25) is 0 Å². The van der Waals surface area contributed by atoms with Gasteiger partial charge in [-0.1, -0.05) is 0 Å². The van der Waals surface area contributed by atoms with Gasteiger partial charge in [0.15, 0.2) is 5.65 Å². The molecule has 0 atom stereocenters. The van der Waals surface area contributed by atoms with Crippen LogP contribution in [0, 0.1) is 0 Å². The molecule has 0 saturated carbocycles. The maximum absolute atomic E-state index is 11.9. The van der Waals surface area contributed by atoms with Gasteiger partial charge < -0.3 is 11.1 Å².